The van der Waals surface area contributed by atoms with Gasteiger partial charge in [0.05, 0.1) is 0 Å². The van der Waals surface area contributed by atoms with E-state index in [2.05, 4.69) is 20.9 Å². The summed E-state index contributed by atoms with van der Waals surface area (Å²) in [6, 6.07) is 7.99. The molecule has 1 aromatic carbocycles. The summed E-state index contributed by atoms with van der Waals surface area (Å²) in [6.45, 7) is 4.29. The van der Waals surface area contributed by atoms with Crippen LogP contribution in [-0.4, -0.2) is 39.7 Å². The van der Waals surface area contributed by atoms with Gasteiger partial charge in [-0.1, -0.05) is 12.1 Å². The molecule has 0 bridgehead atoms. The fourth-order valence-electron chi connectivity index (χ4n) is 3.98. The van der Waals surface area contributed by atoms with Gasteiger partial charge in [0.25, 0.3) is 5.91 Å². The SMILES string of the molecule is Cc1cc(NC(=O)NCc2ccc3c(c2)C(=O)N(C2CCC(=O)NC2=O)C3)cc(C)n1. The van der Waals surface area contributed by atoms with Crippen molar-refractivity contribution < 1.29 is 19.2 Å². The van der Waals surface area contributed by atoms with E-state index in [1.165, 1.54) is 4.90 Å². The molecule has 2 aliphatic heterocycles. The summed E-state index contributed by atoms with van der Waals surface area (Å²) in [7, 11) is 0. The van der Waals surface area contributed by atoms with E-state index in [0.29, 0.717) is 24.2 Å². The third-order valence-electron chi connectivity index (χ3n) is 5.38. The lowest BCUT2D eigenvalue weighted by Gasteiger charge is -2.29. The Morgan fingerprint density at radius 3 is 2.61 bits per heavy atom. The molecule has 2 aliphatic rings. The number of carbonyl (C=O) groups is 4. The third kappa shape index (κ3) is 4.40. The average molecular weight is 421 g/mol. The molecule has 3 N–H and O–H groups in total. The average Bonchev–Trinajstić information content (AvgIpc) is 3.01. The second-order valence-corrected chi connectivity index (χ2v) is 7.84. The lowest BCUT2D eigenvalue weighted by molar-refractivity contribution is -0.136. The predicted octanol–water partition coefficient (Wildman–Crippen LogP) is 1.78. The van der Waals surface area contributed by atoms with E-state index >= 15 is 0 Å². The maximum absolute atomic E-state index is 12.9. The van der Waals surface area contributed by atoms with Crippen LogP contribution >= 0.6 is 0 Å². The van der Waals surface area contributed by atoms with Crippen molar-refractivity contribution in [1.29, 1.82) is 0 Å². The van der Waals surface area contributed by atoms with E-state index in [-0.39, 0.29) is 30.8 Å². The largest absolute Gasteiger partial charge is 0.334 e. The van der Waals surface area contributed by atoms with E-state index < -0.39 is 11.9 Å². The number of amides is 5. The van der Waals surface area contributed by atoms with Gasteiger partial charge in [-0.25, -0.2) is 4.79 Å². The van der Waals surface area contributed by atoms with Crippen LogP contribution in [0.25, 0.3) is 0 Å². The van der Waals surface area contributed by atoms with Gasteiger partial charge in [-0.15, -0.1) is 0 Å². The summed E-state index contributed by atoms with van der Waals surface area (Å²) in [5.74, 6) is -0.981. The number of aryl methyl sites for hydroxylation is 2. The van der Waals surface area contributed by atoms with Crippen LogP contribution in [-0.2, 0) is 22.7 Å². The molecule has 1 fully saturated rings. The van der Waals surface area contributed by atoms with Crippen LogP contribution in [0.2, 0.25) is 0 Å². The molecule has 5 amide bonds. The molecule has 9 heteroatoms. The molecule has 1 aromatic heterocycles. The summed E-state index contributed by atoms with van der Waals surface area (Å²) < 4.78 is 0. The van der Waals surface area contributed by atoms with E-state index in [9.17, 15) is 19.2 Å². The third-order valence-corrected chi connectivity index (χ3v) is 5.38. The Balaban J connectivity index is 1.39. The Morgan fingerprint density at radius 1 is 1.16 bits per heavy atom. The molecule has 3 heterocycles. The number of urea groups is 1. The van der Waals surface area contributed by atoms with Gasteiger partial charge in [-0.3, -0.25) is 24.7 Å². The van der Waals surface area contributed by atoms with Crippen molar-refractivity contribution in [3.05, 3.63) is 58.4 Å². The Morgan fingerprint density at radius 2 is 1.90 bits per heavy atom. The van der Waals surface area contributed by atoms with Crippen molar-refractivity contribution >= 4 is 29.4 Å². The van der Waals surface area contributed by atoms with Crippen molar-refractivity contribution in [2.24, 2.45) is 0 Å². The van der Waals surface area contributed by atoms with Crippen LogP contribution in [0.3, 0.4) is 0 Å². The summed E-state index contributed by atoms with van der Waals surface area (Å²) in [4.78, 5) is 54.4. The van der Waals surface area contributed by atoms with Gasteiger partial charge in [0.1, 0.15) is 6.04 Å². The molecule has 0 spiro atoms. The molecule has 31 heavy (non-hydrogen) atoms. The Kier molecular flexibility index (Phi) is 5.41. The lowest BCUT2D eigenvalue weighted by atomic mass is 10.0. The Hall–Kier alpha value is -3.75. The van der Waals surface area contributed by atoms with E-state index in [1.807, 2.05) is 26.0 Å². The fraction of sp³-hybridized carbons (Fsp3) is 0.318. The predicted molar refractivity (Wildman–Crippen MR) is 112 cm³/mol. The van der Waals surface area contributed by atoms with Gasteiger partial charge in [0.15, 0.2) is 0 Å². The molecular formula is C22H23N5O4. The molecule has 0 aliphatic carbocycles. The minimum Gasteiger partial charge on any atom is -0.334 e. The highest BCUT2D eigenvalue weighted by Gasteiger charge is 2.39. The number of rotatable bonds is 4. The topological polar surface area (TPSA) is 121 Å². The quantitative estimate of drug-likeness (QED) is 0.650. The van der Waals surface area contributed by atoms with Gasteiger partial charge in [0, 0.05) is 42.1 Å². The molecule has 0 radical (unpaired) electrons. The number of benzene rings is 1. The first-order valence-corrected chi connectivity index (χ1v) is 10.1. The number of fused-ring (bicyclic) bond motifs is 1. The van der Waals surface area contributed by atoms with Crippen molar-refractivity contribution in [3.63, 3.8) is 0 Å². The van der Waals surface area contributed by atoms with E-state index in [0.717, 1.165) is 22.5 Å². The smallest absolute Gasteiger partial charge is 0.319 e. The van der Waals surface area contributed by atoms with Crippen LogP contribution in [0.1, 0.15) is 45.7 Å². The number of anilines is 1. The second-order valence-electron chi connectivity index (χ2n) is 7.84. The number of nitrogens with zero attached hydrogens (tertiary/aromatic N) is 2. The normalized spacial score (nSPS) is 17.9. The summed E-state index contributed by atoms with van der Waals surface area (Å²) >= 11 is 0. The van der Waals surface area contributed by atoms with E-state index in [4.69, 9.17) is 0 Å². The maximum Gasteiger partial charge on any atom is 0.319 e. The molecule has 2 aromatic rings. The monoisotopic (exact) mass is 421 g/mol. The van der Waals surface area contributed by atoms with Crippen molar-refractivity contribution in [1.82, 2.24) is 20.5 Å². The van der Waals surface area contributed by atoms with Gasteiger partial charge < -0.3 is 15.5 Å². The fourth-order valence-corrected chi connectivity index (χ4v) is 3.98. The van der Waals surface area contributed by atoms with Gasteiger partial charge >= 0.3 is 6.03 Å². The number of imide groups is 1. The van der Waals surface area contributed by atoms with Crippen LogP contribution in [0.4, 0.5) is 10.5 Å². The molecule has 9 nitrogen and oxygen atoms in total. The number of pyridine rings is 1. The Bertz CT molecular complexity index is 1080. The molecule has 1 atom stereocenters. The molecule has 4 rings (SSSR count). The lowest BCUT2D eigenvalue weighted by Crippen LogP contribution is -2.52. The van der Waals surface area contributed by atoms with Crippen LogP contribution in [0.5, 0.6) is 0 Å². The van der Waals surface area contributed by atoms with Crippen molar-refractivity contribution in [2.75, 3.05) is 5.32 Å². The zero-order valence-electron chi connectivity index (χ0n) is 17.3. The standard InChI is InChI=1S/C22H23N5O4/c1-12-7-16(8-13(2)24-12)25-22(31)23-10-14-3-4-15-11-27(21(30)17(15)9-14)18-5-6-19(28)26-20(18)29/h3-4,7-9,18H,5-6,10-11H2,1-2H3,(H,26,28,29)(H2,23,24,25,31). The first kappa shape index (κ1) is 20.5. The Labute approximate surface area is 179 Å². The summed E-state index contributed by atoms with van der Waals surface area (Å²) in [6.07, 6.45) is 0.546. The number of piperidine rings is 1. The highest BCUT2D eigenvalue weighted by atomic mass is 16.2. The molecule has 160 valence electrons. The molecular weight excluding hydrogens is 398 g/mol. The highest BCUT2D eigenvalue weighted by molar-refractivity contribution is 6.05. The van der Waals surface area contributed by atoms with Gasteiger partial charge in [-0.05, 0) is 49.6 Å². The van der Waals surface area contributed by atoms with Crippen LogP contribution < -0.4 is 16.0 Å². The number of nitrogens with one attached hydrogen (secondary N) is 3. The molecule has 0 saturated carbocycles. The maximum atomic E-state index is 12.9. The van der Waals surface area contributed by atoms with Gasteiger partial charge in [-0.2, -0.15) is 0 Å². The van der Waals surface area contributed by atoms with Crippen molar-refractivity contribution in [2.45, 2.75) is 45.8 Å². The summed E-state index contributed by atoms with van der Waals surface area (Å²) in [5, 5.41) is 7.85. The minimum absolute atomic E-state index is 0.220. The van der Waals surface area contributed by atoms with Crippen LogP contribution in [0, 0.1) is 13.8 Å². The first-order chi connectivity index (χ1) is 14.8. The number of carbonyl (C=O) groups excluding carboxylic acids is 4. The van der Waals surface area contributed by atoms with E-state index in [1.54, 1.807) is 18.2 Å². The van der Waals surface area contributed by atoms with Crippen LogP contribution in [0.15, 0.2) is 30.3 Å². The minimum atomic E-state index is -0.641. The van der Waals surface area contributed by atoms with Crippen molar-refractivity contribution in [3.8, 4) is 0 Å². The number of hydrogen-bond acceptors (Lipinski definition) is 5. The molecule has 1 unspecified atom stereocenters. The summed E-state index contributed by atoms with van der Waals surface area (Å²) in [5.41, 5.74) is 4.40. The number of hydrogen-bond donors (Lipinski definition) is 3. The van der Waals surface area contributed by atoms with Gasteiger partial charge in [0.2, 0.25) is 11.8 Å². The first-order valence-electron chi connectivity index (χ1n) is 10.1. The highest BCUT2D eigenvalue weighted by Crippen LogP contribution is 2.28. The zero-order chi connectivity index (χ0) is 22.1. The molecule has 1 saturated heterocycles. The number of aromatic nitrogens is 1. The zero-order valence-corrected chi connectivity index (χ0v) is 17.3. The second kappa shape index (κ2) is 8.17.